The number of nitrogens with zero attached hydrogens (tertiary/aromatic N) is 1. The van der Waals surface area contributed by atoms with Gasteiger partial charge in [0.2, 0.25) is 0 Å². The average Bonchev–Trinajstić information content (AvgIpc) is 2.85. The molecule has 0 bridgehead atoms. The Balaban J connectivity index is 1.59. The SMILES string of the molecule is CCCCCCCCc1ccccc1OC(C)CCOC(=O)CCCC[N+](C)(C)Cc1ccccc1. The third-order valence-electron chi connectivity index (χ3n) is 6.74. The minimum Gasteiger partial charge on any atom is -0.490 e. The summed E-state index contributed by atoms with van der Waals surface area (Å²) in [5.41, 5.74) is 2.63. The van der Waals surface area contributed by atoms with Gasteiger partial charge in [-0.3, -0.25) is 4.79 Å². The second-order valence-corrected chi connectivity index (χ2v) is 10.8. The van der Waals surface area contributed by atoms with Crippen molar-refractivity contribution in [2.75, 3.05) is 27.2 Å². The van der Waals surface area contributed by atoms with Crippen LogP contribution in [-0.4, -0.2) is 43.8 Å². The number of ether oxygens (including phenoxy) is 2. The smallest absolute Gasteiger partial charge is 0.305 e. The summed E-state index contributed by atoms with van der Waals surface area (Å²) < 4.78 is 12.6. The summed E-state index contributed by atoms with van der Waals surface area (Å²) in [5, 5.41) is 0. The molecular formula is C32H50NO3+. The first-order valence-corrected chi connectivity index (χ1v) is 14.2. The van der Waals surface area contributed by atoms with Crippen LogP contribution in [0.15, 0.2) is 54.6 Å². The number of hydrogen-bond donors (Lipinski definition) is 0. The van der Waals surface area contributed by atoms with E-state index in [4.69, 9.17) is 9.47 Å². The maximum atomic E-state index is 12.2. The van der Waals surface area contributed by atoms with Gasteiger partial charge in [-0.05, 0) is 44.2 Å². The van der Waals surface area contributed by atoms with Crippen LogP contribution in [0.1, 0.15) is 89.2 Å². The molecule has 2 rings (SSSR count). The lowest BCUT2D eigenvalue weighted by Crippen LogP contribution is -2.39. The van der Waals surface area contributed by atoms with Gasteiger partial charge in [0.25, 0.3) is 0 Å². The lowest BCUT2D eigenvalue weighted by atomic mass is 10.0. The zero-order chi connectivity index (χ0) is 26.1. The largest absolute Gasteiger partial charge is 0.490 e. The number of unbranched alkanes of at least 4 members (excludes halogenated alkanes) is 6. The summed E-state index contributed by atoms with van der Waals surface area (Å²) in [7, 11) is 4.50. The van der Waals surface area contributed by atoms with E-state index in [9.17, 15) is 4.79 Å². The molecule has 0 aliphatic carbocycles. The Bertz CT molecular complexity index is 849. The van der Waals surface area contributed by atoms with Gasteiger partial charge in [-0.2, -0.15) is 0 Å². The first-order valence-electron chi connectivity index (χ1n) is 14.2. The Hall–Kier alpha value is -2.33. The van der Waals surface area contributed by atoms with Gasteiger partial charge >= 0.3 is 5.97 Å². The highest BCUT2D eigenvalue weighted by Gasteiger charge is 2.16. The van der Waals surface area contributed by atoms with E-state index in [2.05, 4.69) is 76.5 Å². The van der Waals surface area contributed by atoms with Crippen molar-refractivity contribution in [1.82, 2.24) is 0 Å². The van der Waals surface area contributed by atoms with Gasteiger partial charge in [0.15, 0.2) is 0 Å². The van der Waals surface area contributed by atoms with Crippen molar-refractivity contribution < 1.29 is 18.8 Å². The third kappa shape index (κ3) is 13.1. The maximum absolute atomic E-state index is 12.2. The van der Waals surface area contributed by atoms with Crippen LogP contribution in [0.5, 0.6) is 5.75 Å². The van der Waals surface area contributed by atoms with Crippen molar-refractivity contribution in [3.8, 4) is 5.75 Å². The molecule has 0 amide bonds. The number of para-hydroxylation sites is 1. The monoisotopic (exact) mass is 496 g/mol. The lowest BCUT2D eigenvalue weighted by Gasteiger charge is -2.30. The second-order valence-electron chi connectivity index (χ2n) is 10.8. The molecule has 0 saturated carbocycles. The number of carbonyl (C=O) groups is 1. The highest BCUT2D eigenvalue weighted by Crippen LogP contribution is 2.23. The Labute approximate surface area is 220 Å². The molecule has 2 aromatic rings. The normalized spacial score (nSPS) is 12.3. The van der Waals surface area contributed by atoms with Gasteiger partial charge in [0.1, 0.15) is 12.3 Å². The van der Waals surface area contributed by atoms with E-state index in [-0.39, 0.29) is 12.1 Å². The highest BCUT2D eigenvalue weighted by atomic mass is 16.5. The first-order chi connectivity index (χ1) is 17.4. The number of hydrogen-bond acceptors (Lipinski definition) is 3. The van der Waals surface area contributed by atoms with E-state index >= 15 is 0 Å². The number of rotatable bonds is 19. The second kappa shape index (κ2) is 17.2. The molecule has 36 heavy (non-hydrogen) atoms. The molecule has 2 aromatic carbocycles. The summed E-state index contributed by atoms with van der Waals surface area (Å²) in [6, 6.07) is 18.9. The van der Waals surface area contributed by atoms with Crippen LogP contribution in [0.3, 0.4) is 0 Å². The van der Waals surface area contributed by atoms with Crippen molar-refractivity contribution in [3.05, 3.63) is 65.7 Å². The van der Waals surface area contributed by atoms with Crippen LogP contribution in [0.25, 0.3) is 0 Å². The topological polar surface area (TPSA) is 35.5 Å². The highest BCUT2D eigenvalue weighted by molar-refractivity contribution is 5.69. The Kier molecular flexibility index (Phi) is 14.3. The molecule has 0 aromatic heterocycles. The molecule has 0 spiro atoms. The fourth-order valence-electron chi connectivity index (χ4n) is 4.57. The number of quaternary nitrogens is 1. The van der Waals surface area contributed by atoms with E-state index in [0.29, 0.717) is 19.4 Å². The number of aryl methyl sites for hydroxylation is 1. The summed E-state index contributed by atoms with van der Waals surface area (Å²) in [6.45, 7) is 6.78. The molecule has 0 aliphatic rings. The van der Waals surface area contributed by atoms with Gasteiger partial charge < -0.3 is 14.0 Å². The third-order valence-corrected chi connectivity index (χ3v) is 6.74. The quantitative estimate of drug-likeness (QED) is 0.113. The first kappa shape index (κ1) is 29.9. The molecule has 0 N–H and O–H groups in total. The van der Waals surface area contributed by atoms with E-state index in [1.165, 1.54) is 49.7 Å². The van der Waals surface area contributed by atoms with Crippen LogP contribution in [0.4, 0.5) is 0 Å². The van der Waals surface area contributed by atoms with Crippen LogP contribution in [-0.2, 0) is 22.5 Å². The summed E-state index contributed by atoms with van der Waals surface area (Å²) >= 11 is 0. The Morgan fingerprint density at radius 2 is 1.56 bits per heavy atom. The zero-order valence-electron chi connectivity index (χ0n) is 23.3. The predicted octanol–water partition coefficient (Wildman–Crippen LogP) is 7.74. The molecule has 4 nitrogen and oxygen atoms in total. The zero-order valence-corrected chi connectivity index (χ0v) is 23.3. The lowest BCUT2D eigenvalue weighted by molar-refractivity contribution is -0.903. The van der Waals surface area contributed by atoms with Crippen molar-refractivity contribution in [3.63, 3.8) is 0 Å². The summed E-state index contributed by atoms with van der Waals surface area (Å²) in [5.74, 6) is 0.875. The van der Waals surface area contributed by atoms with Crippen molar-refractivity contribution in [2.45, 2.75) is 97.1 Å². The van der Waals surface area contributed by atoms with Crippen LogP contribution < -0.4 is 4.74 Å². The van der Waals surface area contributed by atoms with Crippen LogP contribution in [0, 0.1) is 0 Å². The Morgan fingerprint density at radius 1 is 0.861 bits per heavy atom. The maximum Gasteiger partial charge on any atom is 0.305 e. The molecular weight excluding hydrogens is 446 g/mol. The van der Waals surface area contributed by atoms with Crippen molar-refractivity contribution >= 4 is 5.97 Å². The molecule has 0 saturated heterocycles. The minimum atomic E-state index is -0.0981. The molecule has 0 heterocycles. The van der Waals surface area contributed by atoms with E-state index in [1.54, 1.807) is 0 Å². The fourth-order valence-corrected chi connectivity index (χ4v) is 4.57. The Morgan fingerprint density at radius 3 is 2.33 bits per heavy atom. The molecule has 200 valence electrons. The molecule has 0 fully saturated rings. The molecule has 1 unspecified atom stereocenters. The number of carbonyl (C=O) groups excluding carboxylic acids is 1. The number of benzene rings is 2. The molecule has 0 aliphatic heterocycles. The van der Waals surface area contributed by atoms with Gasteiger partial charge in [-0.25, -0.2) is 0 Å². The molecule has 0 radical (unpaired) electrons. The van der Waals surface area contributed by atoms with E-state index in [1.807, 2.05) is 6.07 Å². The molecule has 1 atom stereocenters. The van der Waals surface area contributed by atoms with Gasteiger partial charge in [0, 0.05) is 18.4 Å². The van der Waals surface area contributed by atoms with E-state index in [0.717, 1.165) is 42.6 Å². The summed E-state index contributed by atoms with van der Waals surface area (Å²) in [6.07, 6.45) is 11.9. The van der Waals surface area contributed by atoms with Crippen molar-refractivity contribution in [2.24, 2.45) is 0 Å². The van der Waals surface area contributed by atoms with Gasteiger partial charge in [-0.15, -0.1) is 0 Å². The average molecular weight is 497 g/mol. The molecule has 4 heteroatoms. The number of esters is 1. The van der Waals surface area contributed by atoms with Crippen molar-refractivity contribution in [1.29, 1.82) is 0 Å². The van der Waals surface area contributed by atoms with Crippen LogP contribution >= 0.6 is 0 Å². The van der Waals surface area contributed by atoms with Gasteiger partial charge in [-0.1, -0.05) is 87.6 Å². The fraction of sp³-hybridized carbons (Fsp3) is 0.594. The predicted molar refractivity (Wildman–Crippen MR) is 150 cm³/mol. The minimum absolute atomic E-state index is 0.0135. The van der Waals surface area contributed by atoms with E-state index < -0.39 is 0 Å². The van der Waals surface area contributed by atoms with Crippen LogP contribution in [0.2, 0.25) is 0 Å². The van der Waals surface area contributed by atoms with Gasteiger partial charge in [0.05, 0.1) is 33.4 Å². The summed E-state index contributed by atoms with van der Waals surface area (Å²) in [4.78, 5) is 12.2. The standard InChI is InChI=1S/C32H50NO3/c1-5-6-7-8-9-13-20-30-21-14-15-22-31(30)36-28(2)24-26-35-32(34)23-16-17-25-33(3,4)27-29-18-11-10-12-19-29/h10-12,14-15,18-19,21-22,28H,5-9,13,16-17,20,23-27H2,1-4H3/q+1.